The zero-order valence-electron chi connectivity index (χ0n) is 10.4. The van der Waals surface area contributed by atoms with E-state index in [-0.39, 0.29) is 0 Å². The van der Waals surface area contributed by atoms with Gasteiger partial charge in [0.2, 0.25) is 5.13 Å². The normalized spacial score (nSPS) is 10.6. The molecule has 0 fully saturated rings. The predicted octanol–water partition coefficient (Wildman–Crippen LogP) is 2.85. The van der Waals surface area contributed by atoms with E-state index in [1.807, 2.05) is 13.0 Å². The van der Waals surface area contributed by atoms with Gasteiger partial charge < -0.3 is 5.32 Å². The quantitative estimate of drug-likeness (QED) is 0.765. The Morgan fingerprint density at radius 3 is 2.63 bits per heavy atom. The van der Waals surface area contributed by atoms with E-state index in [9.17, 15) is 0 Å². The molecule has 1 aromatic carbocycles. The highest BCUT2D eigenvalue weighted by Crippen LogP contribution is 2.18. The maximum Gasteiger partial charge on any atom is 0.205 e. The van der Waals surface area contributed by atoms with Crippen LogP contribution in [0, 0.1) is 6.92 Å². The second kappa shape index (κ2) is 5.19. The van der Waals surface area contributed by atoms with E-state index in [0.717, 1.165) is 27.9 Å². The lowest BCUT2D eigenvalue weighted by atomic mass is 10.1. The van der Waals surface area contributed by atoms with Crippen LogP contribution in [0.25, 0.3) is 11.3 Å². The first-order valence-corrected chi connectivity index (χ1v) is 6.75. The molecule has 0 saturated heterocycles. The van der Waals surface area contributed by atoms with E-state index in [0.29, 0.717) is 0 Å². The summed E-state index contributed by atoms with van der Waals surface area (Å²) >= 11 is 1.56. The molecule has 2 aromatic heterocycles. The van der Waals surface area contributed by atoms with Gasteiger partial charge in [-0.1, -0.05) is 35.6 Å². The van der Waals surface area contributed by atoms with E-state index in [1.165, 1.54) is 5.56 Å². The molecule has 5 nitrogen and oxygen atoms in total. The lowest BCUT2D eigenvalue weighted by molar-refractivity contribution is 1.02. The zero-order chi connectivity index (χ0) is 13.1. The molecule has 3 aromatic rings. The number of benzene rings is 1. The molecule has 0 spiro atoms. The topological polar surface area (TPSA) is 66.5 Å². The van der Waals surface area contributed by atoms with Crippen LogP contribution in [0.5, 0.6) is 0 Å². The van der Waals surface area contributed by atoms with Gasteiger partial charge in [-0.25, -0.2) is 0 Å². The summed E-state index contributed by atoms with van der Waals surface area (Å²) in [5.74, 6) is 0. The van der Waals surface area contributed by atoms with Crippen molar-refractivity contribution in [2.24, 2.45) is 0 Å². The van der Waals surface area contributed by atoms with E-state index in [1.54, 1.807) is 17.5 Å². The lowest BCUT2D eigenvalue weighted by Gasteiger charge is -2.03. The average Bonchev–Trinajstić information content (AvgIpc) is 3.08. The van der Waals surface area contributed by atoms with Crippen molar-refractivity contribution in [1.82, 2.24) is 20.4 Å². The molecule has 0 atom stereocenters. The molecule has 2 N–H and O–H groups in total. The molecule has 6 heteroatoms. The van der Waals surface area contributed by atoms with E-state index in [4.69, 9.17) is 0 Å². The Morgan fingerprint density at radius 1 is 1.16 bits per heavy atom. The molecule has 96 valence electrons. The van der Waals surface area contributed by atoms with Crippen molar-refractivity contribution < 1.29 is 0 Å². The standard InChI is InChI=1S/C13H13N5S/c1-9-16-18-13(19-9)14-8-10-2-4-11(5-3-10)12-6-7-15-17-12/h2-7H,8H2,1H3,(H,14,18)(H,15,17). The summed E-state index contributed by atoms with van der Waals surface area (Å²) in [5, 5.41) is 20.0. The largest absolute Gasteiger partial charge is 0.356 e. The van der Waals surface area contributed by atoms with Gasteiger partial charge in [-0.05, 0) is 24.1 Å². The number of hydrogen-bond donors (Lipinski definition) is 2. The molecule has 0 amide bonds. The van der Waals surface area contributed by atoms with Crippen LogP contribution in [-0.4, -0.2) is 20.4 Å². The highest BCUT2D eigenvalue weighted by Gasteiger charge is 2.01. The van der Waals surface area contributed by atoms with Crippen LogP contribution >= 0.6 is 11.3 Å². The summed E-state index contributed by atoms with van der Waals surface area (Å²) in [6.07, 6.45) is 1.75. The maximum atomic E-state index is 4.03. The van der Waals surface area contributed by atoms with E-state index >= 15 is 0 Å². The van der Waals surface area contributed by atoms with Gasteiger partial charge in [0, 0.05) is 12.7 Å². The molecule has 0 unspecified atom stereocenters. The van der Waals surface area contributed by atoms with Gasteiger partial charge in [0.1, 0.15) is 5.01 Å². The number of nitrogens with zero attached hydrogens (tertiary/aromatic N) is 3. The molecule has 3 rings (SSSR count). The Hall–Kier alpha value is -2.21. The van der Waals surface area contributed by atoms with Crippen LogP contribution in [0.15, 0.2) is 36.5 Å². The van der Waals surface area contributed by atoms with Crippen molar-refractivity contribution in [3.05, 3.63) is 47.1 Å². The molecule has 0 saturated carbocycles. The van der Waals surface area contributed by atoms with Crippen LogP contribution in [0.3, 0.4) is 0 Å². The monoisotopic (exact) mass is 271 g/mol. The molecule has 0 radical (unpaired) electrons. The van der Waals surface area contributed by atoms with Gasteiger partial charge in [-0.2, -0.15) is 5.10 Å². The van der Waals surface area contributed by atoms with Crippen molar-refractivity contribution in [2.45, 2.75) is 13.5 Å². The summed E-state index contributed by atoms with van der Waals surface area (Å²) in [7, 11) is 0. The Kier molecular flexibility index (Phi) is 3.24. The molecule has 19 heavy (non-hydrogen) atoms. The fraction of sp³-hybridized carbons (Fsp3) is 0.154. The Bertz CT molecular complexity index is 642. The van der Waals surface area contributed by atoms with Gasteiger partial charge in [0.15, 0.2) is 0 Å². The third-order valence-corrected chi connectivity index (χ3v) is 3.53. The Labute approximate surface area is 114 Å². The summed E-state index contributed by atoms with van der Waals surface area (Å²) in [4.78, 5) is 0. The summed E-state index contributed by atoms with van der Waals surface area (Å²) in [6.45, 7) is 2.69. The van der Waals surface area contributed by atoms with Crippen LogP contribution in [0.2, 0.25) is 0 Å². The van der Waals surface area contributed by atoms with Gasteiger partial charge >= 0.3 is 0 Å². The highest BCUT2D eigenvalue weighted by molar-refractivity contribution is 7.15. The fourth-order valence-electron chi connectivity index (χ4n) is 1.76. The van der Waals surface area contributed by atoms with Crippen molar-refractivity contribution in [1.29, 1.82) is 0 Å². The van der Waals surface area contributed by atoms with E-state index < -0.39 is 0 Å². The highest BCUT2D eigenvalue weighted by atomic mass is 32.1. The number of nitrogens with one attached hydrogen (secondary N) is 2. The second-order valence-electron chi connectivity index (χ2n) is 4.15. The zero-order valence-corrected chi connectivity index (χ0v) is 11.2. The third-order valence-electron chi connectivity index (χ3n) is 2.74. The molecular weight excluding hydrogens is 258 g/mol. The number of aryl methyl sites for hydroxylation is 1. The Morgan fingerprint density at radius 2 is 2.00 bits per heavy atom. The number of anilines is 1. The maximum absolute atomic E-state index is 4.03. The van der Waals surface area contributed by atoms with Gasteiger partial charge in [-0.3, -0.25) is 5.10 Å². The Balaban J connectivity index is 1.66. The molecular formula is C13H13N5S. The van der Waals surface area contributed by atoms with Crippen molar-refractivity contribution >= 4 is 16.5 Å². The van der Waals surface area contributed by atoms with Crippen LogP contribution in [0.1, 0.15) is 10.6 Å². The molecule has 0 bridgehead atoms. The molecule has 0 aliphatic heterocycles. The van der Waals surface area contributed by atoms with Crippen LogP contribution < -0.4 is 5.32 Å². The first-order chi connectivity index (χ1) is 9.31. The second-order valence-corrected chi connectivity index (χ2v) is 5.33. The van der Waals surface area contributed by atoms with Gasteiger partial charge in [-0.15, -0.1) is 10.2 Å². The first kappa shape index (κ1) is 11.9. The van der Waals surface area contributed by atoms with Crippen molar-refractivity contribution in [3.8, 4) is 11.3 Å². The molecule has 0 aliphatic carbocycles. The molecule has 0 aliphatic rings. The lowest BCUT2D eigenvalue weighted by Crippen LogP contribution is -1.98. The minimum Gasteiger partial charge on any atom is -0.356 e. The van der Waals surface area contributed by atoms with Gasteiger partial charge in [0.25, 0.3) is 0 Å². The van der Waals surface area contributed by atoms with E-state index in [2.05, 4.69) is 50.0 Å². The SMILES string of the molecule is Cc1nnc(NCc2ccc(-c3ccn[nH]3)cc2)s1. The minimum atomic E-state index is 0.748. The van der Waals surface area contributed by atoms with Crippen molar-refractivity contribution in [2.75, 3.05) is 5.32 Å². The van der Waals surface area contributed by atoms with Crippen LogP contribution in [-0.2, 0) is 6.54 Å². The summed E-state index contributed by atoms with van der Waals surface area (Å²) in [5.41, 5.74) is 3.36. The molecule has 2 heterocycles. The average molecular weight is 271 g/mol. The van der Waals surface area contributed by atoms with Gasteiger partial charge in [0.05, 0.1) is 5.69 Å². The number of aromatic nitrogens is 4. The fourth-order valence-corrected chi connectivity index (χ4v) is 2.35. The summed E-state index contributed by atoms with van der Waals surface area (Å²) in [6, 6.07) is 10.3. The number of hydrogen-bond acceptors (Lipinski definition) is 5. The minimum absolute atomic E-state index is 0.748. The smallest absolute Gasteiger partial charge is 0.205 e. The first-order valence-electron chi connectivity index (χ1n) is 5.94. The predicted molar refractivity (Wildman–Crippen MR) is 76.0 cm³/mol. The number of H-pyrrole nitrogens is 1. The van der Waals surface area contributed by atoms with Crippen LogP contribution in [0.4, 0.5) is 5.13 Å². The third kappa shape index (κ3) is 2.79. The summed E-state index contributed by atoms with van der Waals surface area (Å²) < 4.78 is 0. The number of rotatable bonds is 4. The number of aromatic amines is 1. The van der Waals surface area contributed by atoms with Crippen molar-refractivity contribution in [3.63, 3.8) is 0 Å².